The molecule has 0 saturated carbocycles. The largest absolute Gasteiger partial charge is 0.394 e. The summed E-state index contributed by atoms with van der Waals surface area (Å²) in [5.41, 5.74) is 0. The number of nitrogens with one attached hydrogen (secondary N) is 1. The molecule has 0 aliphatic rings. The van der Waals surface area contributed by atoms with E-state index in [1.54, 1.807) is 6.08 Å². The number of carbonyl (C=O) groups excluding carboxylic acids is 1. The van der Waals surface area contributed by atoms with Crippen LogP contribution in [0.5, 0.6) is 0 Å². The van der Waals surface area contributed by atoms with Crippen molar-refractivity contribution in [3.05, 3.63) is 48.6 Å². The summed E-state index contributed by atoms with van der Waals surface area (Å²) in [4.78, 5) is 12.4. The van der Waals surface area contributed by atoms with Crippen molar-refractivity contribution in [1.29, 1.82) is 0 Å². The van der Waals surface area contributed by atoms with Gasteiger partial charge >= 0.3 is 0 Å². The zero-order chi connectivity index (χ0) is 40.0. The molecule has 0 rings (SSSR count). The molecule has 4 nitrogen and oxygen atoms in total. The van der Waals surface area contributed by atoms with Crippen LogP contribution in [-0.2, 0) is 4.79 Å². The number of hydrogen-bond donors (Lipinski definition) is 3. The molecule has 2 unspecified atom stereocenters. The summed E-state index contributed by atoms with van der Waals surface area (Å²) in [6.07, 6.45) is 63.9. The molecule has 0 aromatic heterocycles. The van der Waals surface area contributed by atoms with E-state index in [1.807, 2.05) is 6.08 Å². The highest BCUT2D eigenvalue weighted by atomic mass is 16.3. The summed E-state index contributed by atoms with van der Waals surface area (Å²) >= 11 is 0. The molecule has 2 atom stereocenters. The number of aliphatic hydroxyl groups excluding tert-OH is 2. The Morgan fingerprint density at radius 1 is 0.436 bits per heavy atom. The number of aliphatic hydroxyl groups is 2. The van der Waals surface area contributed by atoms with Crippen LogP contribution in [0.25, 0.3) is 0 Å². The van der Waals surface area contributed by atoms with Gasteiger partial charge in [-0.25, -0.2) is 0 Å². The molecule has 1 amide bonds. The molecule has 0 saturated heterocycles. The predicted molar refractivity (Wildman–Crippen MR) is 244 cm³/mol. The van der Waals surface area contributed by atoms with Crippen molar-refractivity contribution in [3.63, 3.8) is 0 Å². The highest BCUT2D eigenvalue weighted by molar-refractivity contribution is 5.76. The zero-order valence-electron chi connectivity index (χ0n) is 36.9. The molecule has 0 fully saturated rings. The van der Waals surface area contributed by atoms with Gasteiger partial charge in [-0.2, -0.15) is 0 Å². The molecule has 0 aromatic carbocycles. The third-order valence-electron chi connectivity index (χ3n) is 11.1. The molecule has 0 radical (unpaired) electrons. The molecule has 0 spiro atoms. The summed E-state index contributed by atoms with van der Waals surface area (Å²) in [7, 11) is 0. The van der Waals surface area contributed by atoms with Gasteiger partial charge in [-0.15, -0.1) is 0 Å². The van der Waals surface area contributed by atoms with Crippen LogP contribution >= 0.6 is 0 Å². The van der Waals surface area contributed by atoms with E-state index in [4.69, 9.17) is 0 Å². The minimum atomic E-state index is -0.836. The lowest BCUT2D eigenvalue weighted by molar-refractivity contribution is -0.123. The maximum absolute atomic E-state index is 12.4. The molecule has 0 heterocycles. The van der Waals surface area contributed by atoms with Crippen molar-refractivity contribution < 1.29 is 15.0 Å². The standard InChI is InChI=1S/C51H95NO3/c1-3-5-7-9-11-13-15-16-17-18-19-20-21-22-23-24-25-26-27-28-29-30-31-32-33-34-35-36-37-39-41-43-45-47-51(55)52-49(48-53)50(54)46-44-42-40-38-14-12-10-8-6-4-2/h15-16,18-19,21-22,44,46,49-50,53-54H,3-14,17,20,23-43,45,47-48H2,1-2H3,(H,52,55)/b16-15-,19-18-,22-21-,46-44+. The fourth-order valence-corrected chi connectivity index (χ4v) is 7.30. The van der Waals surface area contributed by atoms with Gasteiger partial charge in [0.05, 0.1) is 18.8 Å². The van der Waals surface area contributed by atoms with Crippen LogP contribution in [-0.4, -0.2) is 34.9 Å². The highest BCUT2D eigenvalue weighted by Gasteiger charge is 2.17. The van der Waals surface area contributed by atoms with E-state index >= 15 is 0 Å². The predicted octanol–water partition coefficient (Wildman–Crippen LogP) is 15.5. The number of carbonyl (C=O) groups is 1. The number of hydrogen-bond acceptors (Lipinski definition) is 3. The Morgan fingerprint density at radius 2 is 0.745 bits per heavy atom. The van der Waals surface area contributed by atoms with Crippen LogP contribution in [0.4, 0.5) is 0 Å². The monoisotopic (exact) mass is 770 g/mol. The zero-order valence-corrected chi connectivity index (χ0v) is 36.9. The van der Waals surface area contributed by atoms with Gasteiger partial charge in [0.1, 0.15) is 0 Å². The molecular formula is C51H95NO3. The number of rotatable bonds is 44. The van der Waals surface area contributed by atoms with Crippen molar-refractivity contribution in [2.75, 3.05) is 6.61 Å². The van der Waals surface area contributed by atoms with Gasteiger partial charge in [0.15, 0.2) is 0 Å². The van der Waals surface area contributed by atoms with Gasteiger partial charge in [0, 0.05) is 6.42 Å². The first-order valence-corrected chi connectivity index (χ1v) is 24.4. The molecule has 3 N–H and O–H groups in total. The van der Waals surface area contributed by atoms with E-state index < -0.39 is 12.1 Å². The smallest absolute Gasteiger partial charge is 0.220 e. The van der Waals surface area contributed by atoms with Crippen LogP contribution in [0.15, 0.2) is 48.6 Å². The minimum absolute atomic E-state index is 0.0646. The Bertz CT molecular complexity index is 877. The molecule has 4 heteroatoms. The normalized spacial score (nSPS) is 13.3. The summed E-state index contributed by atoms with van der Waals surface area (Å²) in [5.74, 6) is -0.0646. The third-order valence-corrected chi connectivity index (χ3v) is 11.1. The van der Waals surface area contributed by atoms with Crippen molar-refractivity contribution in [2.45, 2.75) is 264 Å². The third kappa shape index (κ3) is 43.3. The van der Waals surface area contributed by atoms with Crippen LogP contribution in [0.1, 0.15) is 251 Å². The number of amides is 1. The van der Waals surface area contributed by atoms with Crippen molar-refractivity contribution in [1.82, 2.24) is 5.32 Å². The molecule has 0 aliphatic heterocycles. The first-order valence-electron chi connectivity index (χ1n) is 24.4. The SMILES string of the molecule is CCCCCCC/C=C\C/C=C\C/C=C\CCCCCCCCCCCCCCCCCCCCC(=O)NC(CO)C(O)/C=C/CCCCCCCCCC. The topological polar surface area (TPSA) is 69.6 Å². The van der Waals surface area contributed by atoms with Gasteiger partial charge < -0.3 is 15.5 Å². The maximum Gasteiger partial charge on any atom is 0.220 e. The first kappa shape index (κ1) is 53.4. The minimum Gasteiger partial charge on any atom is -0.394 e. The Hall–Kier alpha value is -1.65. The van der Waals surface area contributed by atoms with E-state index in [9.17, 15) is 15.0 Å². The molecule has 322 valence electrons. The number of unbranched alkanes of at least 4 members (excludes halogenated alkanes) is 31. The molecule has 0 aliphatic carbocycles. The van der Waals surface area contributed by atoms with Crippen molar-refractivity contribution in [3.8, 4) is 0 Å². The number of allylic oxidation sites excluding steroid dienone is 7. The van der Waals surface area contributed by atoms with Gasteiger partial charge in [-0.3, -0.25) is 4.79 Å². The Balaban J connectivity index is 3.44. The average molecular weight is 770 g/mol. The van der Waals surface area contributed by atoms with Crippen LogP contribution in [0, 0.1) is 0 Å². The summed E-state index contributed by atoms with van der Waals surface area (Å²) < 4.78 is 0. The van der Waals surface area contributed by atoms with E-state index in [1.165, 1.54) is 193 Å². The van der Waals surface area contributed by atoms with E-state index in [0.717, 1.165) is 38.5 Å². The summed E-state index contributed by atoms with van der Waals surface area (Å²) in [6, 6.07) is -0.619. The summed E-state index contributed by atoms with van der Waals surface area (Å²) in [5, 5.41) is 22.9. The van der Waals surface area contributed by atoms with Gasteiger partial charge in [0.25, 0.3) is 0 Å². The van der Waals surface area contributed by atoms with Gasteiger partial charge in [0.2, 0.25) is 5.91 Å². The molecule has 0 bridgehead atoms. The fraction of sp³-hybridized carbons (Fsp3) is 0.824. The van der Waals surface area contributed by atoms with Crippen molar-refractivity contribution >= 4 is 5.91 Å². The molecular weight excluding hydrogens is 675 g/mol. The van der Waals surface area contributed by atoms with Crippen molar-refractivity contribution in [2.24, 2.45) is 0 Å². The second-order valence-corrected chi connectivity index (χ2v) is 16.5. The Morgan fingerprint density at radius 3 is 1.11 bits per heavy atom. The second kappa shape index (κ2) is 46.7. The lowest BCUT2D eigenvalue weighted by atomic mass is 10.0. The summed E-state index contributed by atoms with van der Waals surface area (Å²) in [6.45, 7) is 4.28. The van der Waals surface area contributed by atoms with E-state index in [-0.39, 0.29) is 12.5 Å². The lowest BCUT2D eigenvalue weighted by Crippen LogP contribution is -2.45. The Labute approximate surface area is 344 Å². The fourth-order valence-electron chi connectivity index (χ4n) is 7.30. The average Bonchev–Trinajstić information content (AvgIpc) is 3.19. The van der Waals surface area contributed by atoms with E-state index in [2.05, 4.69) is 55.6 Å². The van der Waals surface area contributed by atoms with Gasteiger partial charge in [-0.05, 0) is 57.8 Å². The van der Waals surface area contributed by atoms with Crippen LogP contribution in [0.2, 0.25) is 0 Å². The first-order chi connectivity index (χ1) is 27.2. The Kier molecular flexibility index (Phi) is 45.3. The van der Waals surface area contributed by atoms with E-state index in [0.29, 0.717) is 6.42 Å². The van der Waals surface area contributed by atoms with Gasteiger partial charge in [-0.1, -0.05) is 236 Å². The molecule has 55 heavy (non-hydrogen) atoms. The highest BCUT2D eigenvalue weighted by Crippen LogP contribution is 2.16. The second-order valence-electron chi connectivity index (χ2n) is 16.5. The van der Waals surface area contributed by atoms with Crippen LogP contribution in [0.3, 0.4) is 0 Å². The molecule has 0 aromatic rings. The lowest BCUT2D eigenvalue weighted by Gasteiger charge is -2.20. The maximum atomic E-state index is 12.4. The van der Waals surface area contributed by atoms with Crippen LogP contribution < -0.4 is 5.32 Å². The quantitative estimate of drug-likeness (QED) is 0.0427.